The third-order valence-electron chi connectivity index (χ3n) is 3.50. The summed E-state index contributed by atoms with van der Waals surface area (Å²) in [5, 5.41) is 11.9. The zero-order valence-electron chi connectivity index (χ0n) is 11.0. The van der Waals surface area contributed by atoms with Gasteiger partial charge in [-0.15, -0.1) is 0 Å². The van der Waals surface area contributed by atoms with Gasteiger partial charge in [0.15, 0.2) is 0 Å². The number of anilines is 2. The molecule has 1 aliphatic heterocycles. The van der Waals surface area contributed by atoms with Crippen LogP contribution in [0.1, 0.15) is 24.8 Å². The molecule has 1 heterocycles. The fraction of sp³-hybridized carbons (Fsp3) is 0.429. The predicted octanol–water partition coefficient (Wildman–Crippen LogP) is 1.25. The normalized spacial score (nSPS) is 18.7. The van der Waals surface area contributed by atoms with Crippen LogP contribution in [0.3, 0.4) is 0 Å². The van der Waals surface area contributed by atoms with E-state index in [0.29, 0.717) is 11.3 Å². The number of nitrogens with zero attached hydrogens (tertiary/aromatic N) is 2. The number of rotatable bonds is 2. The zero-order valence-corrected chi connectivity index (χ0v) is 11.0. The number of piperidine rings is 1. The molecule has 1 atom stereocenters. The lowest BCUT2D eigenvalue weighted by atomic mass is 9.99. The molecule has 5 nitrogen and oxygen atoms in total. The molecule has 1 aromatic carbocycles. The maximum Gasteiger partial charge on any atom is 0.242 e. The molecule has 2 rings (SSSR count). The first-order chi connectivity index (χ1) is 9.17. The maximum atomic E-state index is 12.0. The molecule has 100 valence electrons. The first-order valence-corrected chi connectivity index (χ1v) is 6.45. The quantitative estimate of drug-likeness (QED) is 0.782. The molecule has 1 unspecified atom stereocenters. The Balaban J connectivity index is 2.38. The second-order valence-electron chi connectivity index (χ2n) is 4.71. The largest absolute Gasteiger partial charge is 0.399 e. The van der Waals surface area contributed by atoms with E-state index in [1.807, 2.05) is 11.0 Å². The van der Waals surface area contributed by atoms with E-state index >= 15 is 0 Å². The van der Waals surface area contributed by atoms with E-state index in [1.54, 1.807) is 19.2 Å². The Labute approximate surface area is 113 Å². The van der Waals surface area contributed by atoms with Crippen molar-refractivity contribution >= 4 is 17.3 Å². The molecule has 0 radical (unpaired) electrons. The van der Waals surface area contributed by atoms with Crippen molar-refractivity contribution in [2.75, 3.05) is 24.2 Å². The van der Waals surface area contributed by atoms with Crippen LogP contribution in [-0.4, -0.2) is 25.5 Å². The van der Waals surface area contributed by atoms with Crippen molar-refractivity contribution in [1.82, 2.24) is 5.32 Å². The van der Waals surface area contributed by atoms with Gasteiger partial charge >= 0.3 is 0 Å². The Morgan fingerprint density at radius 2 is 2.32 bits per heavy atom. The fourth-order valence-corrected chi connectivity index (χ4v) is 2.55. The lowest BCUT2D eigenvalue weighted by Crippen LogP contribution is -2.49. The van der Waals surface area contributed by atoms with E-state index < -0.39 is 0 Å². The van der Waals surface area contributed by atoms with Crippen LogP contribution >= 0.6 is 0 Å². The Kier molecular flexibility index (Phi) is 3.91. The number of likely N-dealkylation sites (N-methyl/N-ethyl adjacent to an activating group) is 1. The Hall–Kier alpha value is -2.22. The van der Waals surface area contributed by atoms with E-state index in [4.69, 9.17) is 5.73 Å². The monoisotopic (exact) mass is 258 g/mol. The van der Waals surface area contributed by atoms with Crippen molar-refractivity contribution in [2.45, 2.75) is 25.3 Å². The highest BCUT2D eigenvalue weighted by molar-refractivity contribution is 5.86. The summed E-state index contributed by atoms with van der Waals surface area (Å²) >= 11 is 0. The zero-order chi connectivity index (χ0) is 13.8. The number of benzene rings is 1. The summed E-state index contributed by atoms with van der Waals surface area (Å²) in [5.74, 6) is 0.000384. The molecule has 0 bridgehead atoms. The number of amides is 1. The Bertz CT molecular complexity index is 521. The highest BCUT2D eigenvalue weighted by atomic mass is 16.2. The average molecular weight is 258 g/mol. The molecule has 19 heavy (non-hydrogen) atoms. The number of carbonyl (C=O) groups excluding carboxylic acids is 1. The van der Waals surface area contributed by atoms with Crippen molar-refractivity contribution in [3.63, 3.8) is 0 Å². The van der Waals surface area contributed by atoms with Crippen LogP contribution in [0, 0.1) is 11.3 Å². The molecule has 0 spiro atoms. The second kappa shape index (κ2) is 5.61. The molecular weight excluding hydrogens is 240 g/mol. The number of carbonyl (C=O) groups is 1. The molecule has 5 heteroatoms. The average Bonchev–Trinajstić information content (AvgIpc) is 2.46. The lowest BCUT2D eigenvalue weighted by molar-refractivity contribution is -0.122. The summed E-state index contributed by atoms with van der Waals surface area (Å²) in [4.78, 5) is 14.0. The van der Waals surface area contributed by atoms with Crippen molar-refractivity contribution in [3.8, 4) is 6.07 Å². The summed E-state index contributed by atoms with van der Waals surface area (Å²) in [6.07, 6.45) is 2.88. The number of nitriles is 1. The first kappa shape index (κ1) is 13.2. The molecule has 1 aromatic rings. The van der Waals surface area contributed by atoms with Crippen LogP contribution < -0.4 is 16.0 Å². The van der Waals surface area contributed by atoms with Crippen LogP contribution in [0.25, 0.3) is 0 Å². The van der Waals surface area contributed by atoms with Crippen LogP contribution in [0.4, 0.5) is 11.4 Å². The lowest BCUT2D eigenvalue weighted by Gasteiger charge is -2.36. The summed E-state index contributed by atoms with van der Waals surface area (Å²) in [7, 11) is 1.64. The van der Waals surface area contributed by atoms with Gasteiger partial charge in [-0.05, 0) is 37.5 Å². The van der Waals surface area contributed by atoms with Crippen molar-refractivity contribution < 1.29 is 4.79 Å². The number of nitrogens with one attached hydrogen (secondary N) is 1. The highest BCUT2D eigenvalue weighted by Gasteiger charge is 2.29. The van der Waals surface area contributed by atoms with Crippen molar-refractivity contribution in [2.24, 2.45) is 0 Å². The minimum Gasteiger partial charge on any atom is -0.399 e. The van der Waals surface area contributed by atoms with Gasteiger partial charge < -0.3 is 16.0 Å². The molecule has 1 saturated heterocycles. The van der Waals surface area contributed by atoms with E-state index in [2.05, 4.69) is 11.4 Å². The van der Waals surface area contributed by atoms with Crippen LogP contribution in [0.5, 0.6) is 0 Å². The summed E-state index contributed by atoms with van der Waals surface area (Å²) in [6, 6.07) is 7.21. The number of hydrogen-bond acceptors (Lipinski definition) is 4. The van der Waals surface area contributed by atoms with Gasteiger partial charge in [-0.1, -0.05) is 0 Å². The summed E-state index contributed by atoms with van der Waals surface area (Å²) in [6.45, 7) is 0.788. The standard InChI is InChI=1S/C14H18N4O/c1-17-14(19)13-4-2-3-7-18(13)12-6-5-11(16)8-10(12)9-15/h5-6,8,13H,2-4,7,16H2,1H3,(H,17,19). The number of hydrogen-bond donors (Lipinski definition) is 2. The number of nitrogens with two attached hydrogens (primary N) is 1. The van der Waals surface area contributed by atoms with E-state index in [-0.39, 0.29) is 11.9 Å². The van der Waals surface area contributed by atoms with Gasteiger partial charge in [0.25, 0.3) is 0 Å². The maximum absolute atomic E-state index is 12.0. The third-order valence-corrected chi connectivity index (χ3v) is 3.50. The Morgan fingerprint density at radius 3 is 3.00 bits per heavy atom. The topological polar surface area (TPSA) is 82.2 Å². The highest BCUT2D eigenvalue weighted by Crippen LogP contribution is 2.29. The molecule has 0 saturated carbocycles. The molecule has 1 amide bonds. The van der Waals surface area contributed by atoms with Gasteiger partial charge in [-0.3, -0.25) is 4.79 Å². The smallest absolute Gasteiger partial charge is 0.242 e. The second-order valence-corrected chi connectivity index (χ2v) is 4.71. The van der Waals surface area contributed by atoms with Crippen LogP contribution in [0.15, 0.2) is 18.2 Å². The molecule has 0 aromatic heterocycles. The first-order valence-electron chi connectivity index (χ1n) is 6.45. The van der Waals surface area contributed by atoms with Gasteiger partial charge in [-0.2, -0.15) is 5.26 Å². The van der Waals surface area contributed by atoms with Gasteiger partial charge in [0, 0.05) is 19.3 Å². The third kappa shape index (κ3) is 2.63. The predicted molar refractivity (Wildman–Crippen MR) is 74.6 cm³/mol. The Morgan fingerprint density at radius 1 is 1.53 bits per heavy atom. The molecule has 0 aliphatic carbocycles. The van der Waals surface area contributed by atoms with Gasteiger partial charge in [0.05, 0.1) is 11.3 Å². The minimum atomic E-state index is -0.200. The molecule has 3 N–H and O–H groups in total. The molecular formula is C14H18N4O. The van der Waals surface area contributed by atoms with E-state index in [9.17, 15) is 10.1 Å². The van der Waals surface area contributed by atoms with Gasteiger partial charge in [0.2, 0.25) is 5.91 Å². The van der Waals surface area contributed by atoms with Crippen LogP contribution in [0.2, 0.25) is 0 Å². The number of nitrogen functional groups attached to an aromatic ring is 1. The van der Waals surface area contributed by atoms with Gasteiger partial charge in [-0.25, -0.2) is 0 Å². The minimum absolute atomic E-state index is 0.000384. The van der Waals surface area contributed by atoms with Gasteiger partial charge in [0.1, 0.15) is 12.1 Å². The fourth-order valence-electron chi connectivity index (χ4n) is 2.55. The summed E-state index contributed by atoms with van der Waals surface area (Å²) in [5.41, 5.74) is 7.59. The van der Waals surface area contributed by atoms with E-state index in [1.165, 1.54) is 0 Å². The molecule has 1 fully saturated rings. The molecule has 1 aliphatic rings. The summed E-state index contributed by atoms with van der Waals surface area (Å²) < 4.78 is 0. The van der Waals surface area contributed by atoms with Crippen LogP contribution in [-0.2, 0) is 4.79 Å². The van der Waals surface area contributed by atoms with E-state index in [0.717, 1.165) is 31.5 Å². The van der Waals surface area contributed by atoms with Crippen molar-refractivity contribution in [1.29, 1.82) is 5.26 Å². The van der Waals surface area contributed by atoms with Crippen molar-refractivity contribution in [3.05, 3.63) is 23.8 Å². The SMILES string of the molecule is CNC(=O)C1CCCCN1c1ccc(N)cc1C#N.